The fourth-order valence-electron chi connectivity index (χ4n) is 2.81. The highest BCUT2D eigenvalue weighted by Crippen LogP contribution is 2.23. The normalized spacial score (nSPS) is 10.8. The number of rotatable bonds is 4. The molecule has 0 bridgehead atoms. The lowest BCUT2D eigenvalue weighted by molar-refractivity contribution is 0.0985. The van der Waals surface area contributed by atoms with Gasteiger partial charge in [0, 0.05) is 23.6 Å². The van der Waals surface area contributed by atoms with Gasteiger partial charge in [-0.15, -0.1) is 0 Å². The van der Waals surface area contributed by atoms with Crippen molar-refractivity contribution in [3.05, 3.63) is 84.4 Å². The molecular formula is C20H16N4O2. The number of anilines is 1. The molecule has 2 aromatic heterocycles. The van der Waals surface area contributed by atoms with Crippen LogP contribution in [0, 0.1) is 0 Å². The number of carbonyl (C=O) groups is 1. The van der Waals surface area contributed by atoms with Gasteiger partial charge in [-0.3, -0.25) is 9.78 Å². The van der Waals surface area contributed by atoms with E-state index in [-0.39, 0.29) is 11.7 Å². The van der Waals surface area contributed by atoms with Crippen LogP contribution >= 0.6 is 0 Å². The van der Waals surface area contributed by atoms with E-state index in [1.807, 2.05) is 18.2 Å². The van der Waals surface area contributed by atoms with E-state index in [0.29, 0.717) is 17.8 Å². The molecule has 0 spiro atoms. The Labute approximate surface area is 149 Å². The number of hydrogen-bond donors (Lipinski definition) is 2. The van der Waals surface area contributed by atoms with Crippen molar-refractivity contribution in [2.24, 2.45) is 0 Å². The predicted molar refractivity (Wildman–Crippen MR) is 99.0 cm³/mol. The Balaban J connectivity index is 1.73. The third-order valence-electron chi connectivity index (χ3n) is 4.14. The second kappa shape index (κ2) is 6.68. The zero-order valence-electron chi connectivity index (χ0n) is 13.8. The quantitative estimate of drug-likeness (QED) is 0.593. The molecule has 0 fully saturated rings. The smallest absolute Gasteiger partial charge is 0.258 e. The number of hydrogen-bond acceptors (Lipinski definition) is 4. The molecule has 4 aromatic rings. The maximum absolute atomic E-state index is 13.2. The molecule has 0 saturated carbocycles. The minimum absolute atomic E-state index is 0.143. The Hall–Kier alpha value is -3.67. The number of imidazole rings is 1. The second-order valence-corrected chi connectivity index (χ2v) is 5.90. The summed E-state index contributed by atoms with van der Waals surface area (Å²) in [7, 11) is 0. The highest BCUT2D eigenvalue weighted by atomic mass is 16.3. The van der Waals surface area contributed by atoms with E-state index in [1.54, 1.807) is 60.0 Å². The number of phenolic OH excluding ortho intramolecular Hbond substituents is 1. The maximum atomic E-state index is 13.2. The molecule has 0 aliphatic heterocycles. The van der Waals surface area contributed by atoms with Gasteiger partial charge < -0.3 is 15.0 Å². The zero-order valence-corrected chi connectivity index (χ0v) is 13.8. The number of pyridine rings is 1. The summed E-state index contributed by atoms with van der Waals surface area (Å²) in [6.07, 6.45) is 5.04. The number of nitrogens with zero attached hydrogens (tertiary/aromatic N) is 3. The molecule has 1 amide bonds. The highest BCUT2D eigenvalue weighted by Gasteiger charge is 2.19. The summed E-state index contributed by atoms with van der Waals surface area (Å²) in [5.74, 6) is 0.0115. The molecule has 0 saturated heterocycles. The van der Waals surface area contributed by atoms with Gasteiger partial charge >= 0.3 is 0 Å². The molecule has 4 rings (SSSR count). The third-order valence-corrected chi connectivity index (χ3v) is 4.14. The summed E-state index contributed by atoms with van der Waals surface area (Å²) >= 11 is 0. The van der Waals surface area contributed by atoms with Crippen molar-refractivity contribution in [1.82, 2.24) is 15.0 Å². The lowest BCUT2D eigenvalue weighted by Crippen LogP contribution is -2.30. The van der Waals surface area contributed by atoms with Crippen LogP contribution in [0.3, 0.4) is 0 Å². The fourth-order valence-corrected chi connectivity index (χ4v) is 2.81. The number of aromatic hydroxyl groups is 1. The number of phenols is 1. The van der Waals surface area contributed by atoms with Crippen LogP contribution < -0.4 is 4.90 Å². The Bertz CT molecular complexity index is 1040. The first kappa shape index (κ1) is 15.8. The van der Waals surface area contributed by atoms with E-state index in [0.717, 1.165) is 16.6 Å². The average Bonchev–Trinajstić information content (AvgIpc) is 3.15. The summed E-state index contributed by atoms with van der Waals surface area (Å²) in [6, 6.07) is 15.7. The van der Waals surface area contributed by atoms with E-state index in [1.165, 1.54) is 0 Å². The Morgan fingerprint density at radius 1 is 1.12 bits per heavy atom. The van der Waals surface area contributed by atoms with Crippen LogP contribution in [-0.4, -0.2) is 26.0 Å². The number of nitrogens with one attached hydrogen (secondary N) is 1. The molecule has 0 aliphatic carbocycles. The van der Waals surface area contributed by atoms with Gasteiger partial charge in [0.1, 0.15) is 5.75 Å². The molecule has 128 valence electrons. The minimum Gasteiger partial charge on any atom is -0.508 e. The molecule has 6 heteroatoms. The van der Waals surface area contributed by atoms with Crippen molar-refractivity contribution in [3.63, 3.8) is 0 Å². The maximum Gasteiger partial charge on any atom is 0.258 e. The molecule has 6 nitrogen and oxygen atoms in total. The number of aromatic amines is 1. The van der Waals surface area contributed by atoms with E-state index in [4.69, 9.17) is 0 Å². The van der Waals surface area contributed by atoms with Crippen LogP contribution in [0.25, 0.3) is 11.0 Å². The van der Waals surface area contributed by atoms with Crippen LogP contribution in [-0.2, 0) is 6.54 Å². The van der Waals surface area contributed by atoms with Gasteiger partial charge in [0.2, 0.25) is 0 Å². The van der Waals surface area contributed by atoms with E-state index < -0.39 is 0 Å². The van der Waals surface area contributed by atoms with Gasteiger partial charge in [0.15, 0.2) is 0 Å². The first-order chi connectivity index (χ1) is 12.7. The molecule has 0 unspecified atom stereocenters. The van der Waals surface area contributed by atoms with Crippen molar-refractivity contribution in [2.45, 2.75) is 6.54 Å². The van der Waals surface area contributed by atoms with Crippen molar-refractivity contribution in [2.75, 3.05) is 4.90 Å². The number of amides is 1. The molecule has 0 atom stereocenters. The van der Waals surface area contributed by atoms with Crippen molar-refractivity contribution in [1.29, 1.82) is 0 Å². The molecule has 26 heavy (non-hydrogen) atoms. The number of H-pyrrole nitrogens is 1. The first-order valence-corrected chi connectivity index (χ1v) is 8.14. The van der Waals surface area contributed by atoms with Crippen LogP contribution in [0.2, 0.25) is 0 Å². The van der Waals surface area contributed by atoms with Gasteiger partial charge in [-0.2, -0.15) is 0 Å². The van der Waals surface area contributed by atoms with Gasteiger partial charge in [-0.1, -0.05) is 6.07 Å². The van der Waals surface area contributed by atoms with Crippen LogP contribution in [0.4, 0.5) is 5.69 Å². The minimum atomic E-state index is -0.143. The van der Waals surface area contributed by atoms with Gasteiger partial charge in [0.05, 0.1) is 23.9 Å². The van der Waals surface area contributed by atoms with Crippen LogP contribution in [0.15, 0.2) is 73.3 Å². The summed E-state index contributed by atoms with van der Waals surface area (Å²) in [5, 5.41) is 9.55. The third kappa shape index (κ3) is 3.12. The Morgan fingerprint density at radius 2 is 1.96 bits per heavy atom. The summed E-state index contributed by atoms with van der Waals surface area (Å²) in [6.45, 7) is 0.373. The summed E-state index contributed by atoms with van der Waals surface area (Å²) in [5.41, 5.74) is 3.78. The van der Waals surface area contributed by atoms with Gasteiger partial charge in [-0.25, -0.2) is 4.98 Å². The number of aromatic nitrogens is 3. The van der Waals surface area contributed by atoms with Crippen LogP contribution in [0.1, 0.15) is 15.9 Å². The molecule has 0 aliphatic rings. The molecule has 2 aromatic carbocycles. The van der Waals surface area contributed by atoms with Crippen molar-refractivity contribution in [3.8, 4) is 5.75 Å². The van der Waals surface area contributed by atoms with Crippen molar-refractivity contribution < 1.29 is 9.90 Å². The summed E-state index contributed by atoms with van der Waals surface area (Å²) in [4.78, 5) is 26.2. The van der Waals surface area contributed by atoms with E-state index in [2.05, 4.69) is 15.0 Å². The highest BCUT2D eigenvalue weighted by molar-refractivity contribution is 6.07. The number of benzene rings is 2. The van der Waals surface area contributed by atoms with Crippen molar-refractivity contribution >= 4 is 22.6 Å². The SMILES string of the molecule is O=C(c1ccc2nc[nH]c2c1)N(Cc1cccnc1)c1ccc(O)cc1. The number of carbonyl (C=O) groups excluding carboxylic acids is 1. The Kier molecular flexibility index (Phi) is 4.07. The molecule has 2 N–H and O–H groups in total. The Morgan fingerprint density at radius 3 is 2.73 bits per heavy atom. The van der Waals surface area contributed by atoms with Crippen LogP contribution in [0.5, 0.6) is 5.75 Å². The topological polar surface area (TPSA) is 82.1 Å². The monoisotopic (exact) mass is 344 g/mol. The fraction of sp³-hybridized carbons (Fsp3) is 0.0500. The standard InChI is InChI=1S/C20H16N4O2/c25-17-6-4-16(5-7-17)24(12-14-2-1-9-21-11-14)20(26)15-3-8-18-19(10-15)23-13-22-18/h1-11,13,25H,12H2,(H,22,23). The molecule has 2 heterocycles. The summed E-state index contributed by atoms with van der Waals surface area (Å²) < 4.78 is 0. The zero-order chi connectivity index (χ0) is 17.9. The number of fused-ring (bicyclic) bond motifs is 1. The van der Waals surface area contributed by atoms with E-state index in [9.17, 15) is 9.90 Å². The lowest BCUT2D eigenvalue weighted by Gasteiger charge is -2.23. The average molecular weight is 344 g/mol. The first-order valence-electron chi connectivity index (χ1n) is 8.14. The molecular weight excluding hydrogens is 328 g/mol. The van der Waals surface area contributed by atoms with Gasteiger partial charge in [0.25, 0.3) is 5.91 Å². The molecule has 0 radical (unpaired) electrons. The van der Waals surface area contributed by atoms with Gasteiger partial charge in [-0.05, 0) is 54.1 Å². The predicted octanol–water partition coefficient (Wildman–Crippen LogP) is 3.51. The largest absolute Gasteiger partial charge is 0.508 e. The van der Waals surface area contributed by atoms with E-state index >= 15 is 0 Å². The lowest BCUT2D eigenvalue weighted by atomic mass is 10.1. The second-order valence-electron chi connectivity index (χ2n) is 5.90.